The minimum Gasteiger partial charge on any atom is -0.325 e. The molecule has 2 N–H and O–H groups in total. The van der Waals surface area contributed by atoms with E-state index in [1.807, 2.05) is 12.1 Å². The number of amides is 2. The van der Waals surface area contributed by atoms with Gasteiger partial charge in [0.1, 0.15) is 0 Å². The van der Waals surface area contributed by atoms with Crippen LogP contribution in [0.15, 0.2) is 53.6 Å². The van der Waals surface area contributed by atoms with Crippen LogP contribution in [0.3, 0.4) is 0 Å². The van der Waals surface area contributed by atoms with Crippen LogP contribution in [0.25, 0.3) is 0 Å². The minimum atomic E-state index is -0.345. The molecule has 5 nitrogen and oxygen atoms in total. The van der Waals surface area contributed by atoms with Crippen LogP contribution < -0.4 is 10.7 Å². The van der Waals surface area contributed by atoms with Crippen molar-refractivity contribution in [2.45, 2.75) is 19.8 Å². The van der Waals surface area contributed by atoms with Crippen molar-refractivity contribution in [1.29, 1.82) is 0 Å². The fraction of sp³-hybridized carbons (Fsp3) is 0.167. The van der Waals surface area contributed by atoms with Crippen LogP contribution in [-0.2, 0) is 9.59 Å². The molecule has 2 rings (SSSR count). The Morgan fingerprint density at radius 1 is 0.960 bits per heavy atom. The van der Waals surface area contributed by atoms with E-state index in [0.717, 1.165) is 5.56 Å². The standard InChI is InChI=1S/C18H17Cl2N3O2/c1-12(13-6-8-14(19)9-7-13)22-23-18(25)11-10-17(24)21-16-5-3-2-4-15(16)20/h2-9H,10-11H2,1H3,(H,21,24)(H,23,25)/b22-12+. The van der Waals surface area contributed by atoms with Gasteiger partial charge in [-0.25, -0.2) is 5.43 Å². The van der Waals surface area contributed by atoms with Crippen LogP contribution in [0.4, 0.5) is 5.69 Å². The van der Waals surface area contributed by atoms with E-state index >= 15 is 0 Å². The Hall–Kier alpha value is -2.37. The molecule has 0 saturated heterocycles. The molecule has 0 aliphatic heterocycles. The number of halogens is 2. The Kier molecular flexibility index (Phi) is 6.98. The van der Waals surface area contributed by atoms with Gasteiger partial charge in [0.2, 0.25) is 11.8 Å². The van der Waals surface area contributed by atoms with Gasteiger partial charge < -0.3 is 5.32 Å². The number of para-hydroxylation sites is 1. The third-order valence-corrected chi connectivity index (χ3v) is 3.92. The zero-order valence-corrected chi connectivity index (χ0v) is 15.1. The molecule has 0 bridgehead atoms. The summed E-state index contributed by atoms with van der Waals surface area (Å²) in [6.07, 6.45) is 0.0558. The molecule has 7 heteroatoms. The number of hydrogen-bond acceptors (Lipinski definition) is 3. The average Bonchev–Trinajstić information content (AvgIpc) is 2.60. The van der Waals surface area contributed by atoms with Crippen LogP contribution in [0.5, 0.6) is 0 Å². The van der Waals surface area contributed by atoms with Crippen molar-refractivity contribution in [3.63, 3.8) is 0 Å². The zero-order chi connectivity index (χ0) is 18.2. The highest BCUT2D eigenvalue weighted by Crippen LogP contribution is 2.20. The second kappa shape index (κ2) is 9.20. The fourth-order valence-corrected chi connectivity index (χ4v) is 2.27. The summed E-state index contributed by atoms with van der Waals surface area (Å²) in [4.78, 5) is 23.7. The molecule has 0 saturated carbocycles. The third-order valence-electron chi connectivity index (χ3n) is 3.34. The van der Waals surface area contributed by atoms with Crippen LogP contribution in [0.2, 0.25) is 10.0 Å². The summed E-state index contributed by atoms with van der Waals surface area (Å²) in [5.41, 5.74) is 4.45. The van der Waals surface area contributed by atoms with Crippen molar-refractivity contribution < 1.29 is 9.59 Å². The maximum atomic E-state index is 11.9. The number of carbonyl (C=O) groups excluding carboxylic acids is 2. The van der Waals surface area contributed by atoms with Gasteiger partial charge in [-0.2, -0.15) is 5.10 Å². The highest BCUT2D eigenvalue weighted by molar-refractivity contribution is 6.33. The molecule has 0 fully saturated rings. The van der Waals surface area contributed by atoms with Gasteiger partial charge in [-0.15, -0.1) is 0 Å². The van der Waals surface area contributed by atoms with Crippen molar-refractivity contribution in [3.05, 3.63) is 64.1 Å². The van der Waals surface area contributed by atoms with Crippen molar-refractivity contribution in [2.75, 3.05) is 5.32 Å². The van der Waals surface area contributed by atoms with E-state index in [9.17, 15) is 9.59 Å². The smallest absolute Gasteiger partial charge is 0.240 e. The maximum absolute atomic E-state index is 11.9. The van der Waals surface area contributed by atoms with E-state index in [4.69, 9.17) is 23.2 Å². The maximum Gasteiger partial charge on any atom is 0.240 e. The molecule has 0 radical (unpaired) electrons. The van der Waals surface area contributed by atoms with Crippen LogP contribution in [0, 0.1) is 0 Å². The van der Waals surface area contributed by atoms with Crippen LogP contribution >= 0.6 is 23.2 Å². The second-order valence-corrected chi connectivity index (χ2v) is 6.11. The minimum absolute atomic E-state index is 0.0215. The lowest BCUT2D eigenvalue weighted by Gasteiger charge is -2.06. The van der Waals surface area contributed by atoms with Gasteiger partial charge >= 0.3 is 0 Å². The summed E-state index contributed by atoms with van der Waals surface area (Å²) in [6, 6.07) is 14.0. The molecule has 2 amide bonds. The molecule has 2 aromatic carbocycles. The molecule has 0 spiro atoms. The first-order valence-electron chi connectivity index (χ1n) is 7.59. The monoisotopic (exact) mass is 377 g/mol. The van der Waals surface area contributed by atoms with Gasteiger partial charge in [-0.3, -0.25) is 9.59 Å². The first-order valence-corrected chi connectivity index (χ1v) is 8.35. The number of nitrogens with zero attached hydrogens (tertiary/aromatic N) is 1. The number of carbonyl (C=O) groups is 2. The summed E-state index contributed by atoms with van der Waals surface area (Å²) < 4.78 is 0. The van der Waals surface area contributed by atoms with Gasteiger partial charge in [-0.1, -0.05) is 47.5 Å². The number of anilines is 1. The van der Waals surface area contributed by atoms with E-state index in [-0.39, 0.29) is 24.7 Å². The van der Waals surface area contributed by atoms with Crippen LogP contribution in [-0.4, -0.2) is 17.5 Å². The normalized spacial score (nSPS) is 11.1. The van der Waals surface area contributed by atoms with Gasteiger partial charge in [-0.05, 0) is 36.8 Å². The van der Waals surface area contributed by atoms with E-state index in [1.54, 1.807) is 43.3 Å². The quantitative estimate of drug-likeness (QED) is 0.583. The molecule has 0 aromatic heterocycles. The molecule has 0 atom stereocenters. The van der Waals surface area contributed by atoms with E-state index in [0.29, 0.717) is 21.4 Å². The highest BCUT2D eigenvalue weighted by Gasteiger charge is 2.08. The topological polar surface area (TPSA) is 70.6 Å². The summed E-state index contributed by atoms with van der Waals surface area (Å²) in [5.74, 6) is -0.635. The highest BCUT2D eigenvalue weighted by atomic mass is 35.5. The fourth-order valence-electron chi connectivity index (χ4n) is 1.96. The Labute approximate surface area is 156 Å². The number of hydrazone groups is 1. The molecule has 0 heterocycles. The Balaban J connectivity index is 1.80. The first kappa shape index (κ1) is 19.0. The van der Waals surface area contributed by atoms with Crippen molar-refractivity contribution >= 4 is 46.4 Å². The lowest BCUT2D eigenvalue weighted by molar-refractivity contribution is -0.124. The molecule has 130 valence electrons. The summed E-state index contributed by atoms with van der Waals surface area (Å²) in [7, 11) is 0. The molecular formula is C18H17Cl2N3O2. The van der Waals surface area contributed by atoms with Gasteiger partial charge in [0.15, 0.2) is 0 Å². The van der Waals surface area contributed by atoms with Crippen molar-refractivity contribution in [2.24, 2.45) is 5.10 Å². The van der Waals surface area contributed by atoms with Crippen LogP contribution in [0.1, 0.15) is 25.3 Å². The molecule has 0 aliphatic rings. The summed E-state index contributed by atoms with van der Waals surface area (Å²) in [5, 5.41) is 7.76. The Bertz CT molecular complexity index is 789. The first-order chi connectivity index (χ1) is 12.0. The Morgan fingerprint density at radius 2 is 1.60 bits per heavy atom. The Morgan fingerprint density at radius 3 is 2.28 bits per heavy atom. The van der Waals surface area contributed by atoms with E-state index in [2.05, 4.69) is 15.8 Å². The third kappa shape index (κ3) is 6.21. The van der Waals surface area contributed by atoms with E-state index < -0.39 is 0 Å². The van der Waals surface area contributed by atoms with E-state index in [1.165, 1.54) is 0 Å². The SMILES string of the molecule is C/C(=N\NC(=O)CCC(=O)Nc1ccccc1Cl)c1ccc(Cl)cc1. The molecular weight excluding hydrogens is 361 g/mol. The lowest BCUT2D eigenvalue weighted by Crippen LogP contribution is -2.21. The largest absolute Gasteiger partial charge is 0.325 e. The predicted molar refractivity (Wildman–Crippen MR) is 101 cm³/mol. The molecule has 25 heavy (non-hydrogen) atoms. The lowest BCUT2D eigenvalue weighted by atomic mass is 10.1. The molecule has 0 unspecified atom stereocenters. The molecule has 0 aliphatic carbocycles. The van der Waals surface area contributed by atoms with Crippen molar-refractivity contribution in [1.82, 2.24) is 5.43 Å². The van der Waals surface area contributed by atoms with Gasteiger partial charge in [0, 0.05) is 17.9 Å². The number of rotatable bonds is 6. The number of hydrogen-bond donors (Lipinski definition) is 2. The molecule has 2 aromatic rings. The number of benzene rings is 2. The number of nitrogens with one attached hydrogen (secondary N) is 2. The summed E-state index contributed by atoms with van der Waals surface area (Å²) in [6.45, 7) is 1.77. The second-order valence-electron chi connectivity index (χ2n) is 5.27. The average molecular weight is 378 g/mol. The van der Waals surface area contributed by atoms with Gasteiger partial charge in [0.05, 0.1) is 16.4 Å². The predicted octanol–water partition coefficient (Wildman–Crippen LogP) is 4.25. The zero-order valence-electron chi connectivity index (χ0n) is 13.6. The van der Waals surface area contributed by atoms with Crippen molar-refractivity contribution in [3.8, 4) is 0 Å². The summed E-state index contributed by atoms with van der Waals surface area (Å²) >= 11 is 11.8. The van der Waals surface area contributed by atoms with Gasteiger partial charge in [0.25, 0.3) is 0 Å².